The Bertz CT molecular complexity index is 839. The van der Waals surface area contributed by atoms with Crippen molar-refractivity contribution >= 4 is 41.5 Å². The highest BCUT2D eigenvalue weighted by atomic mass is 127. The van der Waals surface area contributed by atoms with E-state index in [0.717, 1.165) is 29.8 Å². The van der Waals surface area contributed by atoms with Crippen LogP contribution in [0.15, 0.2) is 53.5 Å². The summed E-state index contributed by atoms with van der Waals surface area (Å²) in [4.78, 5) is 15.7. The summed E-state index contributed by atoms with van der Waals surface area (Å²) in [6.45, 7) is 2.64. The molecule has 2 rings (SSSR count). The summed E-state index contributed by atoms with van der Waals surface area (Å²) in [6.07, 6.45) is -3.09. The summed E-state index contributed by atoms with van der Waals surface area (Å²) in [5, 5.41) is 8.94. The molecule has 0 aromatic heterocycles. The standard InChI is InChI=1S/C21H25F3N4O.HI/c1-3-5-19(29)28-18-10-8-15(9-11-18)13-26-20(25-2)27-14-16-6-4-7-17(12-16)21(22,23)24;/h4,6-12H,3,5,13-14H2,1-2H3,(H,28,29)(H2,25,26,27);1H. The number of hydrogen-bond donors (Lipinski definition) is 3. The second-order valence-electron chi connectivity index (χ2n) is 6.47. The summed E-state index contributed by atoms with van der Waals surface area (Å²) < 4.78 is 38.4. The lowest BCUT2D eigenvalue weighted by Crippen LogP contribution is -2.36. The first-order chi connectivity index (χ1) is 13.8. The van der Waals surface area contributed by atoms with Crippen molar-refractivity contribution in [2.24, 2.45) is 4.99 Å². The molecule has 0 radical (unpaired) electrons. The molecule has 9 heteroatoms. The van der Waals surface area contributed by atoms with E-state index in [1.807, 2.05) is 31.2 Å². The number of guanidine groups is 1. The van der Waals surface area contributed by atoms with Gasteiger partial charge in [0.1, 0.15) is 0 Å². The van der Waals surface area contributed by atoms with Gasteiger partial charge in [0.05, 0.1) is 5.56 Å². The zero-order chi connectivity index (χ0) is 21.3. The molecular weight excluding hydrogens is 508 g/mol. The van der Waals surface area contributed by atoms with Crippen LogP contribution in [0.3, 0.4) is 0 Å². The third kappa shape index (κ3) is 8.60. The van der Waals surface area contributed by atoms with Crippen LogP contribution in [0, 0.1) is 0 Å². The number of carbonyl (C=O) groups is 1. The fourth-order valence-electron chi connectivity index (χ4n) is 2.61. The second-order valence-corrected chi connectivity index (χ2v) is 6.47. The Balaban J connectivity index is 0.00000450. The van der Waals surface area contributed by atoms with Gasteiger partial charge in [-0.2, -0.15) is 13.2 Å². The average molecular weight is 534 g/mol. The van der Waals surface area contributed by atoms with Crippen LogP contribution in [0.25, 0.3) is 0 Å². The van der Waals surface area contributed by atoms with E-state index >= 15 is 0 Å². The molecule has 0 bridgehead atoms. The van der Waals surface area contributed by atoms with Crippen molar-refractivity contribution in [3.8, 4) is 0 Å². The molecule has 5 nitrogen and oxygen atoms in total. The Labute approximate surface area is 191 Å². The molecule has 0 heterocycles. The van der Waals surface area contributed by atoms with E-state index in [-0.39, 0.29) is 36.4 Å². The van der Waals surface area contributed by atoms with Crippen molar-refractivity contribution < 1.29 is 18.0 Å². The highest BCUT2D eigenvalue weighted by Gasteiger charge is 2.30. The van der Waals surface area contributed by atoms with Gasteiger partial charge in [0, 0.05) is 32.2 Å². The molecule has 0 saturated heterocycles. The lowest BCUT2D eigenvalue weighted by atomic mass is 10.1. The van der Waals surface area contributed by atoms with Crippen LogP contribution in [0.1, 0.15) is 36.5 Å². The fraction of sp³-hybridized carbons (Fsp3) is 0.333. The number of aliphatic imine (C=N–C) groups is 1. The summed E-state index contributed by atoms with van der Waals surface area (Å²) in [5.41, 5.74) is 1.54. The second kappa shape index (κ2) is 12.4. The third-order valence-electron chi connectivity index (χ3n) is 4.11. The smallest absolute Gasteiger partial charge is 0.352 e. The van der Waals surface area contributed by atoms with E-state index in [0.29, 0.717) is 24.5 Å². The predicted octanol–water partition coefficient (Wildman–Crippen LogP) is 4.93. The van der Waals surface area contributed by atoms with E-state index < -0.39 is 11.7 Å². The highest BCUT2D eigenvalue weighted by molar-refractivity contribution is 14.0. The first kappa shape index (κ1) is 25.7. The Morgan fingerprint density at radius 1 is 1.00 bits per heavy atom. The van der Waals surface area contributed by atoms with Crippen molar-refractivity contribution in [1.82, 2.24) is 10.6 Å². The number of benzene rings is 2. The van der Waals surface area contributed by atoms with E-state index in [4.69, 9.17) is 0 Å². The Hall–Kier alpha value is -2.30. The number of anilines is 1. The van der Waals surface area contributed by atoms with Gasteiger partial charge in [-0.1, -0.05) is 31.2 Å². The van der Waals surface area contributed by atoms with Crippen molar-refractivity contribution in [2.75, 3.05) is 12.4 Å². The van der Waals surface area contributed by atoms with Crippen LogP contribution >= 0.6 is 24.0 Å². The molecule has 2 aromatic rings. The minimum absolute atomic E-state index is 0. The molecular formula is C21H26F3IN4O. The van der Waals surface area contributed by atoms with E-state index in [1.54, 1.807) is 13.1 Å². The highest BCUT2D eigenvalue weighted by Crippen LogP contribution is 2.29. The molecule has 3 N–H and O–H groups in total. The lowest BCUT2D eigenvalue weighted by molar-refractivity contribution is -0.137. The van der Waals surface area contributed by atoms with Crippen LogP contribution in [-0.4, -0.2) is 18.9 Å². The normalized spacial score (nSPS) is 11.4. The Morgan fingerprint density at radius 3 is 2.20 bits per heavy atom. The van der Waals surface area contributed by atoms with Gasteiger partial charge in [-0.3, -0.25) is 9.79 Å². The molecule has 2 aromatic carbocycles. The largest absolute Gasteiger partial charge is 0.416 e. The number of alkyl halides is 3. The SMILES string of the molecule is CCCC(=O)Nc1ccc(CNC(=NC)NCc2cccc(C(F)(F)F)c2)cc1.I. The monoisotopic (exact) mass is 534 g/mol. The summed E-state index contributed by atoms with van der Waals surface area (Å²) in [5.74, 6) is 0.459. The van der Waals surface area contributed by atoms with Gasteiger partial charge in [-0.25, -0.2) is 0 Å². The predicted molar refractivity (Wildman–Crippen MR) is 124 cm³/mol. The summed E-state index contributed by atoms with van der Waals surface area (Å²) >= 11 is 0. The minimum atomic E-state index is -4.36. The number of halogens is 4. The number of nitrogens with one attached hydrogen (secondary N) is 3. The van der Waals surface area contributed by atoms with Crippen LogP contribution < -0.4 is 16.0 Å². The van der Waals surface area contributed by atoms with E-state index in [1.165, 1.54) is 6.07 Å². The quantitative estimate of drug-likeness (QED) is 0.268. The van der Waals surface area contributed by atoms with Crippen LogP contribution in [0.5, 0.6) is 0 Å². The zero-order valence-corrected chi connectivity index (χ0v) is 19.2. The van der Waals surface area contributed by atoms with E-state index in [9.17, 15) is 18.0 Å². The van der Waals surface area contributed by atoms with Crippen molar-refractivity contribution in [3.63, 3.8) is 0 Å². The van der Waals surface area contributed by atoms with Crippen LogP contribution in [-0.2, 0) is 24.1 Å². The maximum atomic E-state index is 12.8. The first-order valence-corrected chi connectivity index (χ1v) is 9.31. The number of amides is 1. The molecule has 0 atom stereocenters. The van der Waals surface area contributed by atoms with Gasteiger partial charge in [0.25, 0.3) is 0 Å². The average Bonchev–Trinajstić information content (AvgIpc) is 2.69. The molecule has 0 saturated carbocycles. The third-order valence-corrected chi connectivity index (χ3v) is 4.11. The van der Waals surface area contributed by atoms with Gasteiger partial charge in [-0.05, 0) is 41.8 Å². The van der Waals surface area contributed by atoms with Crippen molar-refractivity contribution in [1.29, 1.82) is 0 Å². The summed E-state index contributed by atoms with van der Waals surface area (Å²) in [7, 11) is 1.59. The maximum Gasteiger partial charge on any atom is 0.416 e. The van der Waals surface area contributed by atoms with Gasteiger partial charge < -0.3 is 16.0 Å². The van der Waals surface area contributed by atoms with Crippen LogP contribution in [0.2, 0.25) is 0 Å². The molecule has 0 aliphatic carbocycles. The van der Waals surface area contributed by atoms with Crippen LogP contribution in [0.4, 0.5) is 18.9 Å². The van der Waals surface area contributed by atoms with Gasteiger partial charge >= 0.3 is 6.18 Å². The molecule has 0 fully saturated rings. The molecule has 0 unspecified atom stereocenters. The molecule has 0 aliphatic heterocycles. The van der Waals surface area contributed by atoms with Gasteiger partial charge in [0.2, 0.25) is 5.91 Å². The zero-order valence-electron chi connectivity index (χ0n) is 16.8. The van der Waals surface area contributed by atoms with Gasteiger partial charge in [0.15, 0.2) is 5.96 Å². The molecule has 0 spiro atoms. The Morgan fingerprint density at radius 2 is 1.63 bits per heavy atom. The number of carbonyl (C=O) groups excluding carboxylic acids is 1. The molecule has 1 amide bonds. The van der Waals surface area contributed by atoms with Crippen molar-refractivity contribution in [3.05, 3.63) is 65.2 Å². The van der Waals surface area contributed by atoms with E-state index in [2.05, 4.69) is 20.9 Å². The molecule has 30 heavy (non-hydrogen) atoms. The molecule has 164 valence electrons. The number of nitrogens with zero attached hydrogens (tertiary/aromatic N) is 1. The minimum Gasteiger partial charge on any atom is -0.352 e. The molecule has 0 aliphatic rings. The number of rotatable bonds is 7. The number of hydrogen-bond acceptors (Lipinski definition) is 2. The topological polar surface area (TPSA) is 65.5 Å². The van der Waals surface area contributed by atoms with Gasteiger partial charge in [-0.15, -0.1) is 24.0 Å². The van der Waals surface area contributed by atoms with Crippen molar-refractivity contribution in [2.45, 2.75) is 39.0 Å². The summed E-state index contributed by atoms with van der Waals surface area (Å²) in [6, 6.07) is 12.6. The lowest BCUT2D eigenvalue weighted by Gasteiger charge is -2.13. The fourth-order valence-corrected chi connectivity index (χ4v) is 2.61. The maximum absolute atomic E-state index is 12.8. The Kier molecular flexibility index (Phi) is 10.6. The first-order valence-electron chi connectivity index (χ1n) is 9.31.